The number of para-hydroxylation sites is 1. The summed E-state index contributed by atoms with van der Waals surface area (Å²) in [5, 5.41) is 3.09. The fourth-order valence-corrected chi connectivity index (χ4v) is 2.53. The van der Waals surface area contributed by atoms with E-state index in [1.165, 1.54) is 11.9 Å². The maximum Gasteiger partial charge on any atom is 0.244 e. The lowest BCUT2D eigenvalue weighted by Crippen LogP contribution is -2.35. The summed E-state index contributed by atoms with van der Waals surface area (Å²) in [7, 11) is 1.53. The molecular formula is C20H21ClN2O3. The molecule has 0 unspecified atom stereocenters. The van der Waals surface area contributed by atoms with Crippen LogP contribution in [0, 0.1) is 6.92 Å². The van der Waals surface area contributed by atoms with E-state index < -0.39 is 0 Å². The Morgan fingerprint density at radius 3 is 2.31 bits per heavy atom. The predicted molar refractivity (Wildman–Crippen MR) is 102 cm³/mol. The van der Waals surface area contributed by atoms with Crippen molar-refractivity contribution in [2.24, 2.45) is 0 Å². The maximum absolute atomic E-state index is 12.2. The molecule has 1 N–H and O–H groups in total. The number of ketones is 1. The van der Waals surface area contributed by atoms with Crippen LogP contribution < -0.4 is 5.32 Å². The molecule has 0 spiro atoms. The summed E-state index contributed by atoms with van der Waals surface area (Å²) in [4.78, 5) is 37.6. The van der Waals surface area contributed by atoms with Crippen LogP contribution in [-0.2, 0) is 9.59 Å². The second kappa shape index (κ2) is 9.15. The van der Waals surface area contributed by atoms with E-state index in [9.17, 15) is 14.4 Å². The first kappa shape index (κ1) is 19.7. The topological polar surface area (TPSA) is 66.5 Å². The molecule has 0 radical (unpaired) electrons. The SMILES string of the molecule is Cc1ccc(C(=O)CCC(=O)N(C)CC(=O)Nc2ccccc2Cl)cc1. The number of amides is 2. The summed E-state index contributed by atoms with van der Waals surface area (Å²) < 4.78 is 0. The van der Waals surface area contributed by atoms with E-state index >= 15 is 0 Å². The number of carbonyl (C=O) groups is 3. The number of nitrogens with zero attached hydrogens (tertiary/aromatic N) is 1. The third-order valence-electron chi connectivity index (χ3n) is 3.89. The number of Topliss-reactive ketones (excluding diaryl/α,β-unsaturated/α-hetero) is 1. The fourth-order valence-electron chi connectivity index (χ4n) is 2.35. The highest BCUT2D eigenvalue weighted by molar-refractivity contribution is 6.33. The van der Waals surface area contributed by atoms with Crippen LogP contribution in [0.1, 0.15) is 28.8 Å². The summed E-state index contributed by atoms with van der Waals surface area (Å²) in [5.74, 6) is -0.703. The van der Waals surface area contributed by atoms with E-state index in [0.717, 1.165) is 5.56 Å². The second-order valence-electron chi connectivity index (χ2n) is 6.07. The van der Waals surface area contributed by atoms with Gasteiger partial charge >= 0.3 is 0 Å². The van der Waals surface area contributed by atoms with Crippen molar-refractivity contribution in [1.82, 2.24) is 4.90 Å². The Morgan fingerprint density at radius 2 is 1.65 bits per heavy atom. The normalized spacial score (nSPS) is 10.3. The lowest BCUT2D eigenvalue weighted by Gasteiger charge is -2.17. The van der Waals surface area contributed by atoms with E-state index in [-0.39, 0.29) is 37.0 Å². The molecule has 0 atom stereocenters. The van der Waals surface area contributed by atoms with Gasteiger partial charge in [-0.25, -0.2) is 0 Å². The minimum Gasteiger partial charge on any atom is -0.336 e. The van der Waals surface area contributed by atoms with Gasteiger partial charge in [-0.05, 0) is 19.1 Å². The van der Waals surface area contributed by atoms with E-state index in [1.54, 1.807) is 36.4 Å². The van der Waals surface area contributed by atoms with Gasteiger partial charge < -0.3 is 10.2 Å². The van der Waals surface area contributed by atoms with Gasteiger partial charge in [-0.15, -0.1) is 0 Å². The minimum atomic E-state index is -0.348. The predicted octanol–water partition coefficient (Wildman–Crippen LogP) is 3.71. The first-order chi connectivity index (χ1) is 12.4. The highest BCUT2D eigenvalue weighted by Crippen LogP contribution is 2.20. The molecule has 0 fully saturated rings. The van der Waals surface area contributed by atoms with Crippen molar-refractivity contribution in [3.63, 3.8) is 0 Å². The standard InChI is InChI=1S/C20H21ClN2O3/c1-14-7-9-15(10-8-14)18(24)11-12-20(26)23(2)13-19(25)22-17-6-4-3-5-16(17)21/h3-10H,11-13H2,1-2H3,(H,22,25). The number of aryl methyl sites for hydroxylation is 1. The third kappa shape index (κ3) is 5.70. The van der Waals surface area contributed by atoms with Gasteiger partial charge in [0, 0.05) is 25.5 Å². The molecule has 0 aromatic heterocycles. The average Bonchev–Trinajstić information content (AvgIpc) is 2.61. The molecule has 2 aromatic rings. The van der Waals surface area contributed by atoms with Crippen LogP contribution >= 0.6 is 11.6 Å². The highest BCUT2D eigenvalue weighted by Gasteiger charge is 2.16. The van der Waals surface area contributed by atoms with Gasteiger partial charge in [0.2, 0.25) is 11.8 Å². The number of likely N-dealkylation sites (N-methyl/N-ethyl adjacent to an activating group) is 1. The van der Waals surface area contributed by atoms with Crippen molar-refractivity contribution < 1.29 is 14.4 Å². The summed E-state index contributed by atoms with van der Waals surface area (Å²) in [6, 6.07) is 14.1. The van der Waals surface area contributed by atoms with Crippen LogP contribution in [0.2, 0.25) is 5.02 Å². The number of rotatable bonds is 7. The zero-order valence-electron chi connectivity index (χ0n) is 14.8. The molecule has 136 valence electrons. The van der Waals surface area contributed by atoms with Gasteiger partial charge in [-0.1, -0.05) is 53.6 Å². The fraction of sp³-hybridized carbons (Fsp3) is 0.250. The van der Waals surface area contributed by atoms with Gasteiger partial charge in [-0.3, -0.25) is 14.4 Å². The molecule has 0 saturated heterocycles. The molecule has 0 heterocycles. The van der Waals surface area contributed by atoms with Crippen molar-refractivity contribution in [2.75, 3.05) is 18.9 Å². The van der Waals surface area contributed by atoms with Crippen molar-refractivity contribution >= 4 is 34.9 Å². The van der Waals surface area contributed by atoms with Gasteiger partial charge in [-0.2, -0.15) is 0 Å². The molecular weight excluding hydrogens is 352 g/mol. The Bertz CT molecular complexity index is 803. The lowest BCUT2D eigenvalue weighted by molar-refractivity contribution is -0.133. The number of hydrogen-bond acceptors (Lipinski definition) is 3. The molecule has 0 aliphatic carbocycles. The van der Waals surface area contributed by atoms with E-state index in [1.807, 2.05) is 19.1 Å². The maximum atomic E-state index is 12.2. The molecule has 2 aromatic carbocycles. The smallest absolute Gasteiger partial charge is 0.244 e. The van der Waals surface area contributed by atoms with Crippen molar-refractivity contribution in [3.05, 3.63) is 64.7 Å². The van der Waals surface area contributed by atoms with E-state index in [0.29, 0.717) is 16.3 Å². The van der Waals surface area contributed by atoms with Crippen LogP contribution in [0.25, 0.3) is 0 Å². The van der Waals surface area contributed by atoms with Gasteiger partial charge in [0.05, 0.1) is 17.3 Å². The number of anilines is 1. The largest absolute Gasteiger partial charge is 0.336 e. The Kier molecular flexibility index (Phi) is 6.92. The number of hydrogen-bond donors (Lipinski definition) is 1. The van der Waals surface area contributed by atoms with Crippen molar-refractivity contribution in [3.8, 4) is 0 Å². The van der Waals surface area contributed by atoms with Crippen LogP contribution in [0.3, 0.4) is 0 Å². The monoisotopic (exact) mass is 372 g/mol. The van der Waals surface area contributed by atoms with E-state index in [2.05, 4.69) is 5.32 Å². The summed E-state index contributed by atoms with van der Waals surface area (Å²) >= 11 is 5.99. The lowest BCUT2D eigenvalue weighted by atomic mass is 10.0. The number of nitrogens with one attached hydrogen (secondary N) is 1. The van der Waals surface area contributed by atoms with Crippen LogP contribution in [0.4, 0.5) is 5.69 Å². The quantitative estimate of drug-likeness (QED) is 0.753. The Morgan fingerprint density at radius 1 is 1.00 bits per heavy atom. The molecule has 5 nitrogen and oxygen atoms in total. The van der Waals surface area contributed by atoms with Crippen LogP contribution in [0.15, 0.2) is 48.5 Å². The Balaban J connectivity index is 1.81. The summed E-state index contributed by atoms with van der Waals surface area (Å²) in [5.41, 5.74) is 2.15. The van der Waals surface area contributed by atoms with Crippen molar-refractivity contribution in [1.29, 1.82) is 0 Å². The van der Waals surface area contributed by atoms with Crippen molar-refractivity contribution in [2.45, 2.75) is 19.8 Å². The molecule has 0 aliphatic heterocycles. The molecule has 0 saturated carbocycles. The molecule has 2 amide bonds. The van der Waals surface area contributed by atoms with Crippen LogP contribution in [-0.4, -0.2) is 36.1 Å². The summed E-state index contributed by atoms with van der Waals surface area (Å²) in [6.45, 7) is 1.84. The Labute approximate surface area is 158 Å². The zero-order chi connectivity index (χ0) is 19.1. The molecule has 26 heavy (non-hydrogen) atoms. The van der Waals surface area contributed by atoms with Gasteiger partial charge in [0.1, 0.15) is 0 Å². The zero-order valence-corrected chi connectivity index (χ0v) is 15.5. The molecule has 2 rings (SSSR count). The summed E-state index contributed by atoms with van der Waals surface area (Å²) in [6.07, 6.45) is 0.168. The highest BCUT2D eigenvalue weighted by atomic mass is 35.5. The average molecular weight is 373 g/mol. The first-order valence-electron chi connectivity index (χ1n) is 8.25. The molecule has 0 bridgehead atoms. The number of benzene rings is 2. The Hall–Kier alpha value is -2.66. The molecule has 6 heteroatoms. The van der Waals surface area contributed by atoms with E-state index in [4.69, 9.17) is 11.6 Å². The van der Waals surface area contributed by atoms with Crippen LogP contribution in [0.5, 0.6) is 0 Å². The third-order valence-corrected chi connectivity index (χ3v) is 4.22. The van der Waals surface area contributed by atoms with Gasteiger partial charge in [0.15, 0.2) is 5.78 Å². The number of carbonyl (C=O) groups excluding carboxylic acids is 3. The van der Waals surface area contributed by atoms with Gasteiger partial charge in [0.25, 0.3) is 0 Å². The second-order valence-corrected chi connectivity index (χ2v) is 6.47. The first-order valence-corrected chi connectivity index (χ1v) is 8.63. The minimum absolute atomic E-state index is 0.0581. The number of halogens is 1. The molecule has 0 aliphatic rings.